The number of fused-ring (bicyclic) bond motifs is 1. The predicted molar refractivity (Wildman–Crippen MR) is 118 cm³/mol. The third-order valence-corrected chi connectivity index (χ3v) is 7.45. The molecular formula is C24H30N2OS. The van der Waals surface area contributed by atoms with Gasteiger partial charge in [0.05, 0.1) is 12.2 Å². The number of para-hydroxylation sites is 1. The molecule has 2 heterocycles. The highest BCUT2D eigenvalue weighted by Gasteiger charge is 2.28. The summed E-state index contributed by atoms with van der Waals surface area (Å²) >= 11 is 1.96. The molecule has 2 aromatic rings. The van der Waals surface area contributed by atoms with E-state index < -0.39 is 0 Å². The Hall–Kier alpha value is -1.94. The Bertz CT molecular complexity index is 786. The van der Waals surface area contributed by atoms with E-state index in [1.807, 2.05) is 11.8 Å². The van der Waals surface area contributed by atoms with E-state index in [1.54, 1.807) is 0 Å². The second kappa shape index (κ2) is 9.04. The summed E-state index contributed by atoms with van der Waals surface area (Å²) < 4.78 is 0. The fraction of sp³-hybridized carbons (Fsp3) is 0.458. The van der Waals surface area contributed by atoms with Gasteiger partial charge in [0, 0.05) is 29.8 Å². The van der Waals surface area contributed by atoms with Crippen LogP contribution in [0.1, 0.15) is 31.7 Å². The number of hydrogen-bond acceptors (Lipinski definition) is 3. The second-order valence-corrected chi connectivity index (χ2v) is 9.35. The van der Waals surface area contributed by atoms with Crippen LogP contribution in [-0.4, -0.2) is 42.2 Å². The Morgan fingerprint density at radius 3 is 2.50 bits per heavy atom. The zero-order valence-corrected chi connectivity index (χ0v) is 17.5. The van der Waals surface area contributed by atoms with Crippen LogP contribution in [0.4, 0.5) is 5.69 Å². The topological polar surface area (TPSA) is 23.6 Å². The predicted octanol–water partition coefficient (Wildman–Crippen LogP) is 4.86. The highest BCUT2D eigenvalue weighted by molar-refractivity contribution is 8.00. The number of piperidine rings is 1. The molecule has 0 spiro atoms. The third-order valence-electron chi connectivity index (χ3n) is 6.04. The van der Waals surface area contributed by atoms with Gasteiger partial charge in [-0.25, -0.2) is 0 Å². The van der Waals surface area contributed by atoms with E-state index in [0.717, 1.165) is 45.3 Å². The van der Waals surface area contributed by atoms with E-state index in [4.69, 9.17) is 0 Å². The van der Waals surface area contributed by atoms with Crippen molar-refractivity contribution in [1.29, 1.82) is 0 Å². The van der Waals surface area contributed by atoms with Crippen molar-refractivity contribution in [3.05, 3.63) is 60.2 Å². The van der Waals surface area contributed by atoms with E-state index >= 15 is 0 Å². The Balaban J connectivity index is 1.33. The molecule has 28 heavy (non-hydrogen) atoms. The number of benzene rings is 2. The van der Waals surface area contributed by atoms with Crippen LogP contribution in [0.2, 0.25) is 0 Å². The van der Waals surface area contributed by atoms with Gasteiger partial charge in [0.15, 0.2) is 0 Å². The number of nitrogens with zero attached hydrogens (tertiary/aromatic N) is 2. The molecule has 0 saturated carbocycles. The lowest BCUT2D eigenvalue weighted by atomic mass is 9.90. The molecule has 0 aliphatic carbocycles. The highest BCUT2D eigenvalue weighted by Crippen LogP contribution is 2.39. The molecule has 1 atom stereocenters. The van der Waals surface area contributed by atoms with Gasteiger partial charge in [-0.2, -0.15) is 0 Å². The summed E-state index contributed by atoms with van der Waals surface area (Å²) in [4.78, 5) is 18.7. The normalized spacial score (nSPS) is 20.1. The first kappa shape index (κ1) is 19.4. The molecule has 0 radical (unpaired) electrons. The van der Waals surface area contributed by atoms with E-state index in [-0.39, 0.29) is 5.91 Å². The molecule has 0 bridgehead atoms. The number of hydrogen-bond donors (Lipinski definition) is 0. The maximum Gasteiger partial charge on any atom is 0.242 e. The average molecular weight is 395 g/mol. The first-order valence-corrected chi connectivity index (χ1v) is 11.4. The Labute approximate surface area is 173 Å². The van der Waals surface area contributed by atoms with E-state index in [0.29, 0.717) is 17.7 Å². The van der Waals surface area contributed by atoms with Crippen molar-refractivity contribution in [2.75, 3.05) is 31.1 Å². The standard InChI is InChI=1S/C24H30N2OS/c1-2-21-17-26(22-10-6-7-11-23(22)28-21)18-24(27)25-14-12-20(13-15-25)16-19-8-4-3-5-9-19/h3-11,20-21H,2,12-18H2,1H3/t21-/m1/s1. The van der Waals surface area contributed by atoms with E-state index in [1.165, 1.54) is 16.1 Å². The number of anilines is 1. The van der Waals surface area contributed by atoms with Crippen molar-refractivity contribution < 1.29 is 4.79 Å². The molecule has 148 valence electrons. The average Bonchev–Trinajstić information content (AvgIpc) is 2.75. The largest absolute Gasteiger partial charge is 0.360 e. The molecule has 0 unspecified atom stereocenters. The zero-order valence-electron chi connectivity index (χ0n) is 16.7. The van der Waals surface area contributed by atoms with Gasteiger partial charge in [0.25, 0.3) is 0 Å². The van der Waals surface area contributed by atoms with Crippen LogP contribution in [0, 0.1) is 5.92 Å². The van der Waals surface area contributed by atoms with Crippen molar-refractivity contribution in [3.63, 3.8) is 0 Å². The number of carbonyl (C=O) groups is 1. The molecule has 0 N–H and O–H groups in total. The van der Waals surface area contributed by atoms with Crippen LogP contribution in [0.3, 0.4) is 0 Å². The van der Waals surface area contributed by atoms with Gasteiger partial charge in [0.1, 0.15) is 0 Å². The van der Waals surface area contributed by atoms with Crippen molar-refractivity contribution in [2.24, 2.45) is 5.92 Å². The summed E-state index contributed by atoms with van der Waals surface area (Å²) in [5, 5.41) is 0.569. The van der Waals surface area contributed by atoms with Crippen LogP contribution in [0.25, 0.3) is 0 Å². The summed E-state index contributed by atoms with van der Waals surface area (Å²) in [5.74, 6) is 0.984. The first-order chi connectivity index (χ1) is 13.7. The van der Waals surface area contributed by atoms with E-state index in [9.17, 15) is 4.79 Å². The van der Waals surface area contributed by atoms with Crippen LogP contribution in [-0.2, 0) is 11.2 Å². The molecule has 2 aromatic carbocycles. The fourth-order valence-corrected chi connectivity index (χ4v) is 5.59. The van der Waals surface area contributed by atoms with Gasteiger partial charge in [-0.1, -0.05) is 49.4 Å². The summed E-state index contributed by atoms with van der Waals surface area (Å²) in [7, 11) is 0. The Morgan fingerprint density at radius 2 is 1.75 bits per heavy atom. The molecule has 4 heteroatoms. The lowest BCUT2D eigenvalue weighted by Crippen LogP contribution is -2.46. The second-order valence-electron chi connectivity index (χ2n) is 8.01. The molecule has 3 nitrogen and oxygen atoms in total. The SMILES string of the molecule is CC[C@@H]1CN(CC(=O)N2CCC(Cc3ccccc3)CC2)c2ccccc2S1. The summed E-state index contributed by atoms with van der Waals surface area (Å²) in [5.41, 5.74) is 2.64. The third kappa shape index (κ3) is 4.54. The van der Waals surface area contributed by atoms with Gasteiger partial charge in [-0.15, -0.1) is 11.8 Å². The lowest BCUT2D eigenvalue weighted by Gasteiger charge is -2.37. The molecule has 0 aromatic heterocycles. The smallest absolute Gasteiger partial charge is 0.242 e. The number of likely N-dealkylation sites (tertiary alicyclic amines) is 1. The maximum atomic E-state index is 13.0. The fourth-order valence-electron chi connectivity index (χ4n) is 4.34. The highest BCUT2D eigenvalue weighted by atomic mass is 32.2. The molecule has 1 fully saturated rings. The quantitative estimate of drug-likeness (QED) is 0.724. The number of carbonyl (C=O) groups excluding carboxylic acids is 1. The first-order valence-electron chi connectivity index (χ1n) is 10.5. The number of rotatable bonds is 5. The van der Waals surface area contributed by atoms with Crippen LogP contribution < -0.4 is 4.90 Å². The molecule has 4 rings (SSSR count). The van der Waals surface area contributed by atoms with Gasteiger partial charge in [0.2, 0.25) is 5.91 Å². The van der Waals surface area contributed by atoms with Gasteiger partial charge < -0.3 is 9.80 Å². The zero-order chi connectivity index (χ0) is 19.3. The van der Waals surface area contributed by atoms with Gasteiger partial charge in [-0.3, -0.25) is 4.79 Å². The van der Waals surface area contributed by atoms with Crippen molar-refractivity contribution in [3.8, 4) is 0 Å². The van der Waals surface area contributed by atoms with Crippen LogP contribution in [0.5, 0.6) is 0 Å². The monoisotopic (exact) mass is 394 g/mol. The molecule has 2 aliphatic heterocycles. The minimum atomic E-state index is 0.287. The lowest BCUT2D eigenvalue weighted by molar-refractivity contribution is -0.131. The molecule has 2 aliphatic rings. The minimum absolute atomic E-state index is 0.287. The molecule has 1 amide bonds. The van der Waals surface area contributed by atoms with Crippen molar-refractivity contribution in [1.82, 2.24) is 4.90 Å². The minimum Gasteiger partial charge on any atom is -0.360 e. The molecular weight excluding hydrogens is 364 g/mol. The number of thioether (sulfide) groups is 1. The van der Waals surface area contributed by atoms with Crippen LogP contribution in [0.15, 0.2) is 59.5 Å². The summed E-state index contributed by atoms with van der Waals surface area (Å²) in [6.07, 6.45) is 4.50. The van der Waals surface area contributed by atoms with Gasteiger partial charge in [-0.05, 0) is 49.3 Å². The van der Waals surface area contributed by atoms with Crippen LogP contribution >= 0.6 is 11.8 Å². The Kier molecular flexibility index (Phi) is 6.26. The number of amides is 1. The maximum absolute atomic E-state index is 13.0. The Morgan fingerprint density at radius 1 is 1.04 bits per heavy atom. The molecule has 1 saturated heterocycles. The van der Waals surface area contributed by atoms with Gasteiger partial charge >= 0.3 is 0 Å². The van der Waals surface area contributed by atoms with E-state index in [2.05, 4.69) is 71.3 Å². The van der Waals surface area contributed by atoms with Crippen molar-refractivity contribution >= 4 is 23.4 Å². The summed E-state index contributed by atoms with van der Waals surface area (Å²) in [6.45, 7) is 5.52. The van der Waals surface area contributed by atoms with Crippen molar-refractivity contribution in [2.45, 2.75) is 42.8 Å². The summed E-state index contributed by atoms with van der Waals surface area (Å²) in [6, 6.07) is 19.3.